The van der Waals surface area contributed by atoms with Crippen LogP contribution in [-0.4, -0.2) is 25.7 Å². The molecule has 0 aliphatic carbocycles. The van der Waals surface area contributed by atoms with Gasteiger partial charge in [0.15, 0.2) is 11.6 Å². The van der Waals surface area contributed by atoms with Crippen LogP contribution in [0.5, 0.6) is 0 Å². The van der Waals surface area contributed by atoms with E-state index in [4.69, 9.17) is 0 Å². The zero-order valence-corrected chi connectivity index (χ0v) is 10.9. The molecule has 2 unspecified atom stereocenters. The maximum Gasteiger partial charge on any atom is 0.182 e. The van der Waals surface area contributed by atoms with Crippen molar-refractivity contribution >= 4 is 5.69 Å². The molecule has 0 saturated carbocycles. The first-order valence-corrected chi connectivity index (χ1v) is 6.55. The molecule has 1 aromatic rings. The van der Waals surface area contributed by atoms with E-state index in [1.54, 1.807) is 12.1 Å². The second-order valence-corrected chi connectivity index (χ2v) is 4.95. The van der Waals surface area contributed by atoms with Gasteiger partial charge in [0.2, 0.25) is 0 Å². The van der Waals surface area contributed by atoms with Crippen LogP contribution in [-0.2, 0) is 0 Å². The van der Waals surface area contributed by atoms with Crippen molar-refractivity contribution in [3.63, 3.8) is 0 Å². The molecule has 1 heterocycles. The lowest BCUT2D eigenvalue weighted by atomic mass is 9.93. The van der Waals surface area contributed by atoms with Crippen LogP contribution in [0.25, 0.3) is 0 Å². The quantitative estimate of drug-likeness (QED) is 0.892. The normalized spacial score (nSPS) is 24.3. The van der Waals surface area contributed by atoms with Crippen molar-refractivity contribution in [1.82, 2.24) is 5.32 Å². The van der Waals surface area contributed by atoms with Crippen molar-refractivity contribution in [2.24, 2.45) is 5.92 Å². The largest absolute Gasteiger partial charge is 0.369 e. The van der Waals surface area contributed by atoms with E-state index in [0.717, 1.165) is 32.1 Å². The Kier molecular flexibility index (Phi) is 4.17. The van der Waals surface area contributed by atoms with Gasteiger partial charge in [-0.15, -0.1) is 0 Å². The van der Waals surface area contributed by atoms with Gasteiger partial charge < -0.3 is 10.2 Å². The second-order valence-electron chi connectivity index (χ2n) is 4.95. The van der Waals surface area contributed by atoms with Gasteiger partial charge in [0.05, 0.1) is 5.69 Å². The molecule has 1 aliphatic heterocycles. The van der Waals surface area contributed by atoms with Crippen molar-refractivity contribution in [3.05, 3.63) is 29.8 Å². The summed E-state index contributed by atoms with van der Waals surface area (Å²) in [5.74, 6) is -1.07. The fourth-order valence-electron chi connectivity index (χ4n) is 2.67. The number of hydrogen-bond acceptors (Lipinski definition) is 2. The monoisotopic (exact) mass is 254 g/mol. The van der Waals surface area contributed by atoms with Crippen molar-refractivity contribution in [2.45, 2.75) is 26.3 Å². The smallest absolute Gasteiger partial charge is 0.182 e. The minimum Gasteiger partial charge on any atom is -0.369 e. The van der Waals surface area contributed by atoms with E-state index in [9.17, 15) is 8.78 Å². The van der Waals surface area contributed by atoms with Gasteiger partial charge >= 0.3 is 0 Å². The van der Waals surface area contributed by atoms with Crippen LogP contribution in [0.1, 0.15) is 20.3 Å². The Morgan fingerprint density at radius 1 is 1.39 bits per heavy atom. The van der Waals surface area contributed by atoms with E-state index < -0.39 is 11.6 Å². The topological polar surface area (TPSA) is 15.3 Å². The lowest BCUT2D eigenvalue weighted by molar-refractivity contribution is 0.325. The highest BCUT2D eigenvalue weighted by molar-refractivity contribution is 5.48. The number of rotatable bonds is 3. The Morgan fingerprint density at radius 2 is 2.17 bits per heavy atom. The lowest BCUT2D eigenvalue weighted by Crippen LogP contribution is -2.48. The number of nitrogens with one attached hydrogen (secondary N) is 1. The minimum absolute atomic E-state index is 0.386. The summed E-state index contributed by atoms with van der Waals surface area (Å²) < 4.78 is 26.9. The maximum atomic E-state index is 13.7. The molecule has 1 aliphatic rings. The highest BCUT2D eigenvalue weighted by Crippen LogP contribution is 2.26. The number of anilines is 1. The van der Waals surface area contributed by atoms with Crippen LogP contribution in [0.4, 0.5) is 14.5 Å². The first-order chi connectivity index (χ1) is 8.63. The molecule has 4 heteroatoms. The number of benzene rings is 1. The molecule has 0 amide bonds. The Hall–Kier alpha value is -1.16. The van der Waals surface area contributed by atoms with Crippen molar-refractivity contribution in [3.8, 4) is 0 Å². The van der Waals surface area contributed by atoms with Crippen LogP contribution in [0.15, 0.2) is 18.2 Å². The highest BCUT2D eigenvalue weighted by atomic mass is 19.2. The summed E-state index contributed by atoms with van der Waals surface area (Å²) in [6.07, 6.45) is 0.963. The summed E-state index contributed by atoms with van der Waals surface area (Å²) in [4.78, 5) is 1.94. The summed E-state index contributed by atoms with van der Waals surface area (Å²) in [5.41, 5.74) is 0.386. The summed E-state index contributed by atoms with van der Waals surface area (Å²) >= 11 is 0. The predicted molar refractivity (Wildman–Crippen MR) is 69.8 cm³/mol. The van der Waals surface area contributed by atoms with Gasteiger partial charge in [-0.2, -0.15) is 0 Å². The van der Waals surface area contributed by atoms with Gasteiger partial charge in [-0.25, -0.2) is 8.78 Å². The van der Waals surface area contributed by atoms with Crippen molar-refractivity contribution < 1.29 is 8.78 Å². The Morgan fingerprint density at radius 3 is 2.83 bits per heavy atom. The Labute approximate surface area is 107 Å². The Balaban J connectivity index is 2.10. The van der Waals surface area contributed by atoms with Crippen LogP contribution in [0.3, 0.4) is 0 Å². The number of hydrogen-bond donors (Lipinski definition) is 1. The SMILES string of the molecule is CCNC1CCN(c2cccc(F)c2F)CC1C. The molecule has 18 heavy (non-hydrogen) atoms. The molecule has 0 aromatic heterocycles. The predicted octanol–water partition coefficient (Wildman–Crippen LogP) is 2.79. The first kappa shape index (κ1) is 13.3. The molecule has 0 radical (unpaired) electrons. The first-order valence-electron chi connectivity index (χ1n) is 6.55. The third kappa shape index (κ3) is 2.64. The van der Waals surface area contributed by atoms with E-state index in [-0.39, 0.29) is 0 Å². The summed E-state index contributed by atoms with van der Waals surface area (Å²) in [6.45, 7) is 6.71. The van der Waals surface area contributed by atoms with Gasteiger partial charge in [-0.3, -0.25) is 0 Å². The van der Waals surface area contributed by atoms with E-state index in [1.807, 2.05) is 4.90 Å². The molecule has 1 saturated heterocycles. The van der Waals surface area contributed by atoms with Crippen LogP contribution in [0, 0.1) is 17.6 Å². The fourth-order valence-corrected chi connectivity index (χ4v) is 2.67. The van der Waals surface area contributed by atoms with Gasteiger partial charge in [-0.1, -0.05) is 19.9 Å². The molecule has 1 N–H and O–H groups in total. The zero-order valence-electron chi connectivity index (χ0n) is 10.9. The molecule has 100 valence electrons. The highest BCUT2D eigenvalue weighted by Gasteiger charge is 2.27. The molecule has 0 bridgehead atoms. The van der Waals surface area contributed by atoms with Gasteiger partial charge in [0.25, 0.3) is 0 Å². The van der Waals surface area contributed by atoms with Crippen LogP contribution in [0.2, 0.25) is 0 Å². The van der Waals surface area contributed by atoms with Crippen LogP contribution < -0.4 is 10.2 Å². The maximum absolute atomic E-state index is 13.7. The molecular formula is C14H20F2N2. The number of halogens is 2. The molecular weight excluding hydrogens is 234 g/mol. The van der Waals surface area contributed by atoms with Gasteiger partial charge in [0.1, 0.15) is 0 Å². The second kappa shape index (κ2) is 5.65. The number of nitrogens with zero attached hydrogens (tertiary/aromatic N) is 1. The number of piperidine rings is 1. The standard InChI is InChI=1S/C14H20F2N2/c1-3-17-12-7-8-18(9-10(12)2)13-6-4-5-11(15)14(13)16/h4-6,10,12,17H,3,7-9H2,1-2H3. The van der Waals surface area contributed by atoms with E-state index >= 15 is 0 Å². The van der Waals surface area contributed by atoms with Crippen molar-refractivity contribution in [1.29, 1.82) is 0 Å². The fraction of sp³-hybridized carbons (Fsp3) is 0.571. The Bertz CT molecular complexity index is 409. The molecule has 2 nitrogen and oxygen atoms in total. The van der Waals surface area contributed by atoms with Crippen LogP contribution >= 0.6 is 0 Å². The summed E-state index contributed by atoms with van der Waals surface area (Å²) in [5, 5.41) is 3.44. The zero-order chi connectivity index (χ0) is 13.1. The lowest BCUT2D eigenvalue weighted by Gasteiger charge is -2.38. The third-order valence-corrected chi connectivity index (χ3v) is 3.64. The summed E-state index contributed by atoms with van der Waals surface area (Å²) in [6, 6.07) is 4.85. The van der Waals surface area contributed by atoms with E-state index in [2.05, 4.69) is 19.2 Å². The molecule has 1 aromatic carbocycles. The molecule has 2 atom stereocenters. The van der Waals surface area contributed by atoms with E-state index in [1.165, 1.54) is 0 Å². The average molecular weight is 254 g/mol. The average Bonchev–Trinajstić information content (AvgIpc) is 2.35. The van der Waals surface area contributed by atoms with Crippen molar-refractivity contribution in [2.75, 3.05) is 24.5 Å². The minimum atomic E-state index is -0.769. The third-order valence-electron chi connectivity index (χ3n) is 3.64. The molecule has 0 spiro atoms. The van der Waals surface area contributed by atoms with E-state index in [0.29, 0.717) is 17.6 Å². The molecule has 1 fully saturated rings. The van der Waals surface area contributed by atoms with Gasteiger partial charge in [0, 0.05) is 19.1 Å². The van der Waals surface area contributed by atoms with Gasteiger partial charge in [-0.05, 0) is 31.0 Å². The summed E-state index contributed by atoms with van der Waals surface area (Å²) in [7, 11) is 0. The molecule has 2 rings (SSSR count).